The molecule has 4 heterocycles. The summed E-state index contributed by atoms with van der Waals surface area (Å²) in [5.41, 5.74) is 2.39. The second-order valence-corrected chi connectivity index (χ2v) is 14.9. The molecule has 13 heteroatoms. The number of hydrogen-bond donors (Lipinski definition) is 1. The minimum atomic E-state index is -0.554. The van der Waals surface area contributed by atoms with Gasteiger partial charge in [-0.05, 0) is 81.3 Å². The molecule has 0 radical (unpaired) electrons. The van der Waals surface area contributed by atoms with Gasteiger partial charge in [-0.2, -0.15) is 0 Å². The van der Waals surface area contributed by atoms with Crippen molar-refractivity contribution in [3.8, 4) is 10.6 Å². The number of amides is 3. The van der Waals surface area contributed by atoms with E-state index in [4.69, 9.17) is 18.9 Å². The molecule has 0 bridgehead atoms. The standard InChI is InChI=1S/C36H38N6O6S/c1-35(2,3)48-34(45)41-15-14-36(21-41)17-25(18-36)42-27-11-10-24(40(4)33(44)46-20-23-8-6-5-7-9-23)16-26(27)38-32(42)39-31(43)30-13-12-29(49-30)28-19-37-22-47-28/h5-13,16,19,22,25H,14-15,17-18,20-21H2,1-4H3,(H,38,39,43). The number of aromatic nitrogens is 3. The summed E-state index contributed by atoms with van der Waals surface area (Å²) in [5, 5.41) is 3.05. The molecule has 2 fully saturated rings. The first kappa shape index (κ1) is 32.4. The zero-order chi connectivity index (χ0) is 34.3. The van der Waals surface area contributed by atoms with Crippen LogP contribution in [0, 0.1) is 5.41 Å². The lowest BCUT2D eigenvalue weighted by molar-refractivity contribution is 0.0199. The van der Waals surface area contributed by atoms with Gasteiger partial charge in [0.1, 0.15) is 12.2 Å². The average Bonchev–Trinajstić information content (AvgIpc) is 3.87. The smallest absolute Gasteiger partial charge is 0.414 e. The second-order valence-electron chi connectivity index (χ2n) is 13.8. The van der Waals surface area contributed by atoms with Crippen LogP contribution < -0.4 is 10.2 Å². The Morgan fingerprint density at radius 3 is 2.63 bits per heavy atom. The molecule has 1 saturated carbocycles. The number of rotatable bonds is 7. The fraction of sp³-hybridized carbons (Fsp3) is 0.361. The lowest BCUT2D eigenvalue weighted by Crippen LogP contribution is -2.43. The predicted molar refractivity (Wildman–Crippen MR) is 186 cm³/mol. The van der Waals surface area contributed by atoms with Crippen molar-refractivity contribution in [1.82, 2.24) is 19.4 Å². The van der Waals surface area contributed by atoms with E-state index in [1.54, 1.807) is 24.2 Å². The minimum absolute atomic E-state index is 0.0259. The first-order valence-corrected chi connectivity index (χ1v) is 17.0. The maximum Gasteiger partial charge on any atom is 0.414 e. The SMILES string of the molecule is CN(C(=O)OCc1ccccc1)c1ccc2c(c1)nc(NC(=O)c1ccc(-c3cnco3)s1)n2C1CC2(CCN(C(=O)OC(C)(C)C)C2)C1. The number of oxazole rings is 1. The molecule has 1 saturated heterocycles. The van der Waals surface area contributed by atoms with E-state index in [1.807, 2.05) is 75.4 Å². The summed E-state index contributed by atoms with van der Waals surface area (Å²) < 4.78 is 18.7. The topological polar surface area (TPSA) is 132 Å². The molecule has 7 rings (SSSR count). The zero-order valence-corrected chi connectivity index (χ0v) is 28.7. The monoisotopic (exact) mass is 682 g/mol. The molecule has 1 aliphatic heterocycles. The summed E-state index contributed by atoms with van der Waals surface area (Å²) in [5.74, 6) is 0.718. The highest BCUT2D eigenvalue weighted by Gasteiger charge is 2.51. The number of nitrogens with one attached hydrogen (secondary N) is 1. The average molecular weight is 683 g/mol. The molecule has 1 N–H and O–H groups in total. The molecule has 3 aromatic heterocycles. The van der Waals surface area contributed by atoms with Crippen LogP contribution in [0.4, 0.5) is 21.2 Å². The Balaban J connectivity index is 1.13. The first-order valence-electron chi connectivity index (χ1n) is 16.2. The Labute approximate surface area is 287 Å². The summed E-state index contributed by atoms with van der Waals surface area (Å²) in [6, 6.07) is 18.7. The number of anilines is 2. The number of ether oxygens (including phenoxy) is 2. The van der Waals surface area contributed by atoms with Crippen LogP contribution in [-0.2, 0) is 16.1 Å². The predicted octanol–water partition coefficient (Wildman–Crippen LogP) is 7.74. The van der Waals surface area contributed by atoms with Crippen molar-refractivity contribution < 1.29 is 28.3 Å². The largest absolute Gasteiger partial charge is 0.444 e. The van der Waals surface area contributed by atoms with E-state index in [0.717, 1.165) is 35.2 Å². The van der Waals surface area contributed by atoms with Gasteiger partial charge in [0.15, 0.2) is 12.2 Å². The fourth-order valence-electron chi connectivity index (χ4n) is 6.64. The molecule has 0 unspecified atom stereocenters. The molecule has 5 aromatic rings. The van der Waals surface area contributed by atoms with Crippen LogP contribution in [-0.4, -0.2) is 63.3 Å². The van der Waals surface area contributed by atoms with E-state index in [0.29, 0.717) is 40.9 Å². The van der Waals surface area contributed by atoms with E-state index in [-0.39, 0.29) is 30.1 Å². The Kier molecular flexibility index (Phi) is 8.39. The number of benzene rings is 2. The van der Waals surface area contributed by atoms with Crippen LogP contribution in [0.15, 0.2) is 77.7 Å². The number of imidazole rings is 1. The van der Waals surface area contributed by atoms with Gasteiger partial charge in [-0.25, -0.2) is 19.6 Å². The van der Waals surface area contributed by atoms with Crippen LogP contribution in [0.1, 0.15) is 61.3 Å². The molecule has 3 amide bonds. The maximum absolute atomic E-state index is 13.6. The van der Waals surface area contributed by atoms with Crippen LogP contribution in [0.25, 0.3) is 21.7 Å². The van der Waals surface area contributed by atoms with E-state index in [1.165, 1.54) is 22.6 Å². The van der Waals surface area contributed by atoms with Gasteiger partial charge in [0, 0.05) is 31.9 Å². The Hall–Kier alpha value is -5.17. The third-order valence-corrected chi connectivity index (χ3v) is 10.2. The van der Waals surface area contributed by atoms with E-state index in [9.17, 15) is 14.4 Å². The molecular formula is C36H38N6O6S. The molecule has 254 valence electrons. The van der Waals surface area contributed by atoms with Crippen LogP contribution >= 0.6 is 11.3 Å². The summed E-state index contributed by atoms with van der Waals surface area (Å²) in [4.78, 5) is 52.7. The summed E-state index contributed by atoms with van der Waals surface area (Å²) in [6.45, 7) is 7.06. The van der Waals surface area contributed by atoms with Crippen LogP contribution in [0.3, 0.4) is 0 Å². The number of hydrogen-bond acceptors (Lipinski definition) is 9. The number of carbonyl (C=O) groups is 3. The van der Waals surface area contributed by atoms with Crippen LogP contribution in [0.5, 0.6) is 0 Å². The van der Waals surface area contributed by atoms with Crippen molar-refractivity contribution in [2.24, 2.45) is 5.41 Å². The third kappa shape index (κ3) is 6.75. The fourth-order valence-corrected chi connectivity index (χ4v) is 7.50. The van der Waals surface area contributed by atoms with Gasteiger partial charge in [-0.3, -0.25) is 15.0 Å². The van der Waals surface area contributed by atoms with Gasteiger partial charge in [-0.15, -0.1) is 11.3 Å². The normalized spacial score (nSPS) is 18.8. The van der Waals surface area contributed by atoms with Gasteiger partial charge in [0.25, 0.3) is 5.91 Å². The molecule has 49 heavy (non-hydrogen) atoms. The van der Waals surface area contributed by atoms with Crippen molar-refractivity contribution >= 4 is 52.1 Å². The number of nitrogens with zero attached hydrogens (tertiary/aromatic N) is 5. The van der Waals surface area contributed by atoms with Gasteiger partial charge < -0.3 is 23.4 Å². The molecule has 1 spiro atoms. The highest BCUT2D eigenvalue weighted by Crippen LogP contribution is 2.55. The number of carbonyl (C=O) groups excluding carboxylic acids is 3. The third-order valence-electron chi connectivity index (χ3n) is 9.06. The van der Waals surface area contributed by atoms with E-state index < -0.39 is 11.7 Å². The summed E-state index contributed by atoms with van der Waals surface area (Å²) in [7, 11) is 1.66. The maximum atomic E-state index is 13.6. The highest BCUT2D eigenvalue weighted by molar-refractivity contribution is 7.17. The van der Waals surface area contributed by atoms with Crippen molar-refractivity contribution in [2.45, 2.75) is 58.3 Å². The van der Waals surface area contributed by atoms with Gasteiger partial charge in [-0.1, -0.05) is 30.3 Å². The molecule has 2 aromatic carbocycles. The Bertz CT molecular complexity index is 1990. The quantitative estimate of drug-likeness (QED) is 0.184. The summed E-state index contributed by atoms with van der Waals surface area (Å²) in [6.07, 6.45) is 4.72. The molecule has 12 nitrogen and oxygen atoms in total. The molecule has 0 atom stereocenters. The molecule has 2 aliphatic rings. The highest BCUT2D eigenvalue weighted by atomic mass is 32.1. The molecule has 1 aliphatic carbocycles. The van der Waals surface area contributed by atoms with E-state index in [2.05, 4.69) is 14.9 Å². The van der Waals surface area contributed by atoms with Gasteiger partial charge >= 0.3 is 12.2 Å². The van der Waals surface area contributed by atoms with Crippen molar-refractivity contribution in [3.63, 3.8) is 0 Å². The second kappa shape index (κ2) is 12.7. The Morgan fingerprint density at radius 1 is 1.10 bits per heavy atom. The number of thiophene rings is 1. The number of likely N-dealkylation sites (tertiary alicyclic amines) is 1. The van der Waals surface area contributed by atoms with Crippen molar-refractivity contribution in [2.75, 3.05) is 30.4 Å². The van der Waals surface area contributed by atoms with Gasteiger partial charge in [0.05, 0.1) is 27.0 Å². The summed E-state index contributed by atoms with van der Waals surface area (Å²) >= 11 is 1.30. The first-order chi connectivity index (χ1) is 23.5. The van der Waals surface area contributed by atoms with Crippen LogP contribution in [0.2, 0.25) is 0 Å². The Morgan fingerprint density at radius 2 is 1.90 bits per heavy atom. The van der Waals surface area contributed by atoms with Gasteiger partial charge in [0.2, 0.25) is 5.95 Å². The minimum Gasteiger partial charge on any atom is -0.444 e. The van der Waals surface area contributed by atoms with Crippen molar-refractivity contribution in [1.29, 1.82) is 0 Å². The lowest BCUT2D eigenvalue weighted by Gasteiger charge is -2.46. The zero-order valence-electron chi connectivity index (χ0n) is 27.8. The van der Waals surface area contributed by atoms with E-state index >= 15 is 0 Å². The van der Waals surface area contributed by atoms with Crippen molar-refractivity contribution in [3.05, 3.63) is 83.7 Å². The lowest BCUT2D eigenvalue weighted by atomic mass is 9.65. The molecular weight excluding hydrogens is 644 g/mol. The number of fused-ring (bicyclic) bond motifs is 1.